The fraction of sp³-hybridized carbons (Fsp3) is 0.0800. The molecule has 0 unspecified atom stereocenters. The number of nitriles is 1. The van der Waals surface area contributed by atoms with Crippen molar-refractivity contribution in [3.05, 3.63) is 92.9 Å². The van der Waals surface area contributed by atoms with Crippen molar-refractivity contribution in [3.63, 3.8) is 0 Å². The number of hydrogen-bond donors (Lipinski definition) is 2. The Balaban J connectivity index is 1.63. The lowest BCUT2D eigenvalue weighted by atomic mass is 10.1. The third kappa shape index (κ3) is 7.21. The summed E-state index contributed by atoms with van der Waals surface area (Å²) in [4.78, 5) is 24.6. The van der Waals surface area contributed by atoms with E-state index in [2.05, 4.69) is 26.6 Å². The minimum Gasteiger partial charge on any atom is -0.483 e. The van der Waals surface area contributed by atoms with Gasteiger partial charge in [0.15, 0.2) is 6.61 Å². The van der Waals surface area contributed by atoms with Crippen LogP contribution in [0.2, 0.25) is 5.02 Å². The Morgan fingerprint density at radius 3 is 2.48 bits per heavy atom. The highest BCUT2D eigenvalue weighted by atomic mass is 79.9. The summed E-state index contributed by atoms with van der Waals surface area (Å²) in [5.74, 6) is -0.373. The van der Waals surface area contributed by atoms with Gasteiger partial charge in [0.05, 0.1) is 4.47 Å². The van der Waals surface area contributed by atoms with Gasteiger partial charge < -0.3 is 15.4 Å². The average molecular weight is 525 g/mol. The molecule has 0 radical (unpaired) electrons. The first-order valence-electron chi connectivity index (χ1n) is 9.81. The van der Waals surface area contributed by atoms with E-state index in [9.17, 15) is 14.9 Å². The van der Waals surface area contributed by atoms with Gasteiger partial charge in [0.25, 0.3) is 11.8 Å². The molecule has 0 aromatic heterocycles. The van der Waals surface area contributed by atoms with Crippen LogP contribution in [0.25, 0.3) is 6.08 Å². The molecule has 0 fully saturated rings. The van der Waals surface area contributed by atoms with Crippen LogP contribution >= 0.6 is 27.5 Å². The van der Waals surface area contributed by atoms with E-state index >= 15 is 0 Å². The number of carbonyl (C=O) groups is 2. The summed E-state index contributed by atoms with van der Waals surface area (Å²) in [5.41, 5.74) is 2.81. The molecule has 0 aliphatic heterocycles. The van der Waals surface area contributed by atoms with Crippen molar-refractivity contribution >= 4 is 56.8 Å². The molecule has 33 heavy (non-hydrogen) atoms. The minimum absolute atomic E-state index is 0.0666. The fourth-order valence-electron chi connectivity index (χ4n) is 2.83. The smallest absolute Gasteiger partial charge is 0.266 e. The van der Waals surface area contributed by atoms with E-state index in [4.69, 9.17) is 16.3 Å². The van der Waals surface area contributed by atoms with Gasteiger partial charge in [0.2, 0.25) is 0 Å². The number of hydrogen-bond acceptors (Lipinski definition) is 4. The van der Waals surface area contributed by atoms with E-state index in [0.29, 0.717) is 32.2 Å². The van der Waals surface area contributed by atoms with Gasteiger partial charge >= 0.3 is 0 Å². The van der Waals surface area contributed by atoms with Gasteiger partial charge in [0, 0.05) is 16.4 Å². The van der Waals surface area contributed by atoms with Gasteiger partial charge in [-0.3, -0.25) is 9.59 Å². The Hall–Kier alpha value is -3.60. The predicted molar refractivity (Wildman–Crippen MR) is 133 cm³/mol. The lowest BCUT2D eigenvalue weighted by molar-refractivity contribution is -0.118. The number of nitrogens with one attached hydrogen (secondary N) is 2. The Labute approximate surface area is 205 Å². The highest BCUT2D eigenvalue weighted by molar-refractivity contribution is 9.10. The molecule has 2 amide bonds. The van der Waals surface area contributed by atoms with Gasteiger partial charge in [-0.05, 0) is 88.6 Å². The molecule has 3 aromatic rings. The molecule has 0 spiro atoms. The molecule has 0 heterocycles. The van der Waals surface area contributed by atoms with Gasteiger partial charge in [-0.15, -0.1) is 0 Å². The van der Waals surface area contributed by atoms with E-state index < -0.39 is 5.91 Å². The van der Waals surface area contributed by atoms with Crippen molar-refractivity contribution in [2.75, 3.05) is 17.2 Å². The molecule has 3 rings (SSSR count). The third-order valence-electron chi connectivity index (χ3n) is 4.39. The zero-order valence-corrected chi connectivity index (χ0v) is 19.9. The van der Waals surface area contributed by atoms with Crippen molar-refractivity contribution in [1.29, 1.82) is 5.26 Å². The normalized spacial score (nSPS) is 10.8. The minimum atomic E-state index is -0.538. The van der Waals surface area contributed by atoms with E-state index in [1.807, 2.05) is 31.2 Å². The predicted octanol–water partition coefficient (Wildman–Crippen LogP) is 5.97. The number of ether oxygens (including phenoxy) is 1. The third-order valence-corrected chi connectivity index (χ3v) is 5.27. The van der Waals surface area contributed by atoms with Crippen molar-refractivity contribution in [2.24, 2.45) is 0 Å². The van der Waals surface area contributed by atoms with E-state index in [0.717, 1.165) is 5.56 Å². The van der Waals surface area contributed by atoms with Crippen LogP contribution in [-0.4, -0.2) is 18.4 Å². The van der Waals surface area contributed by atoms with Gasteiger partial charge in [-0.2, -0.15) is 5.26 Å². The van der Waals surface area contributed by atoms with Crippen LogP contribution in [0.1, 0.15) is 11.1 Å². The second kappa shape index (κ2) is 11.3. The maximum atomic E-state index is 12.4. The number of carbonyl (C=O) groups excluding carboxylic acids is 2. The number of aryl methyl sites for hydroxylation is 1. The number of rotatable bonds is 7. The Kier molecular flexibility index (Phi) is 8.25. The van der Waals surface area contributed by atoms with E-state index in [1.54, 1.807) is 48.5 Å². The van der Waals surface area contributed by atoms with Crippen LogP contribution in [-0.2, 0) is 9.59 Å². The van der Waals surface area contributed by atoms with Crippen LogP contribution in [0, 0.1) is 18.3 Å². The number of amides is 2. The summed E-state index contributed by atoms with van der Waals surface area (Å²) in [6.45, 7) is 1.77. The van der Waals surface area contributed by atoms with Crippen molar-refractivity contribution in [1.82, 2.24) is 0 Å². The maximum absolute atomic E-state index is 12.4. The lowest BCUT2D eigenvalue weighted by Gasteiger charge is -2.10. The first-order valence-corrected chi connectivity index (χ1v) is 11.0. The quantitative estimate of drug-likeness (QED) is 0.294. The summed E-state index contributed by atoms with van der Waals surface area (Å²) >= 11 is 9.24. The van der Waals surface area contributed by atoms with Crippen molar-refractivity contribution in [2.45, 2.75) is 6.92 Å². The summed E-state index contributed by atoms with van der Waals surface area (Å²) < 4.78 is 6.17. The van der Waals surface area contributed by atoms with Crippen molar-refractivity contribution in [3.8, 4) is 11.8 Å². The first kappa shape index (κ1) is 24.1. The van der Waals surface area contributed by atoms with Crippen LogP contribution in [0.4, 0.5) is 11.4 Å². The molecule has 166 valence electrons. The second-order valence-corrected chi connectivity index (χ2v) is 8.32. The molecule has 0 saturated heterocycles. The van der Waals surface area contributed by atoms with Crippen molar-refractivity contribution < 1.29 is 14.3 Å². The fourth-order valence-corrected chi connectivity index (χ4v) is 3.47. The molecular weight excluding hydrogens is 506 g/mol. The van der Waals surface area contributed by atoms with E-state index in [-0.39, 0.29) is 18.1 Å². The number of benzene rings is 3. The monoisotopic (exact) mass is 523 g/mol. The highest BCUT2D eigenvalue weighted by Gasteiger charge is 2.11. The maximum Gasteiger partial charge on any atom is 0.266 e. The molecule has 6 nitrogen and oxygen atoms in total. The molecule has 0 aliphatic rings. The summed E-state index contributed by atoms with van der Waals surface area (Å²) in [6, 6.07) is 21.0. The largest absolute Gasteiger partial charge is 0.483 e. The molecule has 0 aliphatic carbocycles. The topological polar surface area (TPSA) is 91.2 Å². The van der Waals surface area contributed by atoms with Crippen LogP contribution in [0.3, 0.4) is 0 Å². The lowest BCUT2D eigenvalue weighted by Crippen LogP contribution is -2.20. The molecule has 0 atom stereocenters. The zero-order valence-electron chi connectivity index (χ0n) is 17.6. The average Bonchev–Trinajstić information content (AvgIpc) is 2.78. The van der Waals surface area contributed by atoms with Crippen LogP contribution in [0.15, 0.2) is 76.8 Å². The standard InChI is InChI=1S/C25H19BrClN3O3/c1-16-3-2-4-21(11-16)29-24(31)15-33-23-10-5-17(13-22(23)26)12-18(14-28)25(32)30-20-8-6-19(27)7-9-20/h2-13H,15H2,1H3,(H,29,31)(H,30,32)/b18-12+. The summed E-state index contributed by atoms with van der Waals surface area (Å²) in [5, 5.41) is 15.4. The molecule has 2 N–H and O–H groups in total. The van der Waals surface area contributed by atoms with Crippen LogP contribution in [0.5, 0.6) is 5.75 Å². The molecular formula is C25H19BrClN3O3. The van der Waals surface area contributed by atoms with Gasteiger partial charge in [-0.25, -0.2) is 0 Å². The molecule has 8 heteroatoms. The highest BCUT2D eigenvalue weighted by Crippen LogP contribution is 2.27. The van der Waals surface area contributed by atoms with Gasteiger partial charge in [0.1, 0.15) is 17.4 Å². The van der Waals surface area contributed by atoms with E-state index in [1.165, 1.54) is 6.08 Å². The molecule has 3 aromatic carbocycles. The summed E-state index contributed by atoms with van der Waals surface area (Å²) in [6.07, 6.45) is 1.46. The Morgan fingerprint density at radius 1 is 1.06 bits per heavy atom. The van der Waals surface area contributed by atoms with Gasteiger partial charge in [-0.1, -0.05) is 29.8 Å². The number of anilines is 2. The Bertz CT molecular complexity index is 1250. The number of halogens is 2. The SMILES string of the molecule is Cc1cccc(NC(=O)COc2ccc(/C=C(\C#N)C(=O)Nc3ccc(Cl)cc3)cc2Br)c1. The summed E-state index contributed by atoms with van der Waals surface area (Å²) in [7, 11) is 0. The number of nitrogens with zero attached hydrogens (tertiary/aromatic N) is 1. The first-order chi connectivity index (χ1) is 15.8. The van der Waals surface area contributed by atoms with Crippen LogP contribution < -0.4 is 15.4 Å². The zero-order chi connectivity index (χ0) is 23.8. The second-order valence-electron chi connectivity index (χ2n) is 7.03. The molecule has 0 bridgehead atoms. The Morgan fingerprint density at radius 2 is 1.82 bits per heavy atom. The molecule has 0 saturated carbocycles.